The topological polar surface area (TPSA) is 71.1 Å². The van der Waals surface area contributed by atoms with Gasteiger partial charge in [0.05, 0.1) is 18.6 Å². The number of nitrogens with one attached hydrogen (secondary N) is 1. The standard InChI is InChI=1S/C19H31NO4/c1-4-12(10-21)20-9-13-15-14(23-17(13)22)8-18(3)7-5-6-11(2)19(18)16(15)24-19/h11-16,20-21H,4-10H2,1-3H3/t11-,12+,13+,14+,15+,16-,18+,19-/m0/s1. The van der Waals surface area contributed by atoms with Gasteiger partial charge in [0.1, 0.15) is 11.7 Å². The van der Waals surface area contributed by atoms with Crippen LogP contribution in [0.15, 0.2) is 0 Å². The summed E-state index contributed by atoms with van der Waals surface area (Å²) in [6.45, 7) is 7.39. The van der Waals surface area contributed by atoms with Crippen molar-refractivity contribution in [2.75, 3.05) is 13.2 Å². The number of aliphatic hydroxyl groups is 1. The molecule has 2 saturated carbocycles. The van der Waals surface area contributed by atoms with Gasteiger partial charge in [0.25, 0.3) is 0 Å². The predicted octanol–water partition coefficient (Wildman–Crippen LogP) is 1.87. The molecule has 136 valence electrons. The summed E-state index contributed by atoms with van der Waals surface area (Å²) in [5.41, 5.74) is 0.121. The highest BCUT2D eigenvalue weighted by Gasteiger charge is 2.78. The zero-order chi connectivity index (χ0) is 17.1. The third-order valence-electron chi connectivity index (χ3n) is 7.53. The van der Waals surface area contributed by atoms with Crippen molar-refractivity contribution in [3.05, 3.63) is 0 Å². The Balaban J connectivity index is 1.54. The Labute approximate surface area is 144 Å². The van der Waals surface area contributed by atoms with Gasteiger partial charge in [-0.15, -0.1) is 0 Å². The first-order chi connectivity index (χ1) is 11.5. The minimum absolute atomic E-state index is 0.00873. The highest BCUT2D eigenvalue weighted by atomic mass is 16.6. The summed E-state index contributed by atoms with van der Waals surface area (Å²) < 4.78 is 12.2. The molecule has 0 amide bonds. The van der Waals surface area contributed by atoms with Crippen LogP contribution in [0.2, 0.25) is 0 Å². The summed E-state index contributed by atoms with van der Waals surface area (Å²) in [5.74, 6) is 0.520. The second-order valence-electron chi connectivity index (χ2n) is 8.74. The first kappa shape index (κ1) is 16.8. The van der Waals surface area contributed by atoms with E-state index in [9.17, 15) is 9.90 Å². The van der Waals surface area contributed by atoms with Crippen LogP contribution < -0.4 is 5.32 Å². The van der Waals surface area contributed by atoms with Crippen LogP contribution in [0.1, 0.15) is 52.9 Å². The normalized spacial score (nSPS) is 50.5. The average Bonchev–Trinajstić information content (AvgIpc) is 3.23. The van der Waals surface area contributed by atoms with Crippen LogP contribution in [-0.4, -0.2) is 48.1 Å². The Morgan fingerprint density at radius 1 is 1.46 bits per heavy atom. The molecule has 8 atom stereocenters. The van der Waals surface area contributed by atoms with Crippen molar-refractivity contribution in [2.45, 2.75) is 76.7 Å². The molecule has 0 aromatic carbocycles. The van der Waals surface area contributed by atoms with Crippen LogP contribution >= 0.6 is 0 Å². The lowest BCUT2D eigenvalue weighted by Gasteiger charge is -2.48. The number of fused-ring (bicyclic) bond motifs is 2. The zero-order valence-electron chi connectivity index (χ0n) is 15.1. The van der Waals surface area contributed by atoms with Crippen molar-refractivity contribution < 1.29 is 19.4 Å². The lowest BCUT2D eigenvalue weighted by molar-refractivity contribution is -0.146. The Morgan fingerprint density at radius 3 is 2.96 bits per heavy atom. The Morgan fingerprint density at radius 2 is 2.25 bits per heavy atom. The first-order valence-electron chi connectivity index (χ1n) is 9.69. The molecule has 0 bridgehead atoms. The molecule has 2 aliphatic heterocycles. The molecule has 2 heterocycles. The van der Waals surface area contributed by atoms with Crippen LogP contribution in [0.3, 0.4) is 0 Å². The fourth-order valence-electron chi connectivity index (χ4n) is 6.10. The quantitative estimate of drug-likeness (QED) is 0.592. The first-order valence-corrected chi connectivity index (χ1v) is 9.69. The number of carbonyl (C=O) groups is 1. The van der Waals surface area contributed by atoms with Crippen LogP contribution in [0.25, 0.3) is 0 Å². The molecule has 1 spiro atoms. The minimum atomic E-state index is -0.140. The van der Waals surface area contributed by atoms with Gasteiger partial charge < -0.3 is 19.9 Å². The van der Waals surface area contributed by atoms with E-state index >= 15 is 0 Å². The number of rotatable bonds is 5. The molecular weight excluding hydrogens is 306 g/mol. The van der Waals surface area contributed by atoms with Crippen molar-refractivity contribution in [1.29, 1.82) is 0 Å². The molecule has 4 aliphatic rings. The Kier molecular flexibility index (Phi) is 3.98. The van der Waals surface area contributed by atoms with Crippen LogP contribution in [0.5, 0.6) is 0 Å². The highest BCUT2D eigenvalue weighted by molar-refractivity contribution is 5.76. The van der Waals surface area contributed by atoms with Gasteiger partial charge in [-0.25, -0.2) is 0 Å². The van der Waals surface area contributed by atoms with Crippen molar-refractivity contribution in [3.63, 3.8) is 0 Å². The van der Waals surface area contributed by atoms with Gasteiger partial charge in [0.2, 0.25) is 0 Å². The maximum atomic E-state index is 12.5. The van der Waals surface area contributed by atoms with E-state index in [1.807, 2.05) is 6.92 Å². The van der Waals surface area contributed by atoms with E-state index in [2.05, 4.69) is 19.2 Å². The fraction of sp³-hybridized carbons (Fsp3) is 0.947. The van der Waals surface area contributed by atoms with Gasteiger partial charge in [-0.05, 0) is 31.6 Å². The van der Waals surface area contributed by atoms with Crippen molar-refractivity contribution in [3.8, 4) is 0 Å². The van der Waals surface area contributed by atoms with Crippen molar-refractivity contribution in [1.82, 2.24) is 5.32 Å². The molecule has 2 saturated heterocycles. The second-order valence-corrected chi connectivity index (χ2v) is 8.74. The number of hydrogen-bond acceptors (Lipinski definition) is 5. The van der Waals surface area contributed by atoms with Gasteiger partial charge >= 0.3 is 5.97 Å². The second kappa shape index (κ2) is 5.68. The molecule has 0 aromatic heterocycles. The maximum Gasteiger partial charge on any atom is 0.311 e. The van der Waals surface area contributed by atoms with Crippen molar-refractivity contribution in [2.24, 2.45) is 23.2 Å². The minimum Gasteiger partial charge on any atom is -0.462 e. The lowest BCUT2D eigenvalue weighted by atomic mass is 9.53. The zero-order valence-corrected chi connectivity index (χ0v) is 15.1. The Hall–Kier alpha value is -0.650. The van der Waals surface area contributed by atoms with Gasteiger partial charge in [0, 0.05) is 23.9 Å². The van der Waals surface area contributed by atoms with E-state index in [0.29, 0.717) is 12.5 Å². The Bertz CT molecular complexity index is 521. The summed E-state index contributed by atoms with van der Waals surface area (Å²) in [6.07, 6.45) is 5.63. The number of esters is 1. The molecule has 2 aliphatic carbocycles. The van der Waals surface area contributed by atoms with Gasteiger partial charge in [0.15, 0.2) is 0 Å². The summed E-state index contributed by atoms with van der Waals surface area (Å²) in [4.78, 5) is 12.5. The predicted molar refractivity (Wildman–Crippen MR) is 89.4 cm³/mol. The largest absolute Gasteiger partial charge is 0.462 e. The third-order valence-corrected chi connectivity index (χ3v) is 7.53. The van der Waals surface area contributed by atoms with E-state index in [4.69, 9.17) is 9.47 Å². The van der Waals surface area contributed by atoms with E-state index in [1.54, 1.807) is 0 Å². The number of ether oxygens (including phenoxy) is 2. The highest BCUT2D eigenvalue weighted by Crippen LogP contribution is 2.70. The summed E-state index contributed by atoms with van der Waals surface area (Å²) in [7, 11) is 0. The van der Waals surface area contributed by atoms with E-state index < -0.39 is 0 Å². The van der Waals surface area contributed by atoms with Gasteiger partial charge in [-0.3, -0.25) is 4.79 Å². The summed E-state index contributed by atoms with van der Waals surface area (Å²) in [5, 5.41) is 12.7. The van der Waals surface area contributed by atoms with Crippen LogP contribution in [0.4, 0.5) is 0 Å². The molecule has 0 aromatic rings. The van der Waals surface area contributed by atoms with Crippen molar-refractivity contribution >= 4 is 5.97 Å². The molecule has 4 fully saturated rings. The summed E-state index contributed by atoms with van der Waals surface area (Å²) in [6, 6.07) is 0.0494. The monoisotopic (exact) mass is 337 g/mol. The maximum absolute atomic E-state index is 12.5. The SMILES string of the molecule is CC[C@H](CO)NC[C@H]1C(=O)O[C@@H]2C[C@@]3(C)CCC[C@H](C)[C@@]34O[C@H]4[C@@H]21. The molecule has 5 nitrogen and oxygen atoms in total. The average molecular weight is 337 g/mol. The van der Waals surface area contributed by atoms with E-state index in [-0.39, 0.29) is 53.7 Å². The van der Waals surface area contributed by atoms with E-state index in [0.717, 1.165) is 12.8 Å². The third kappa shape index (κ3) is 2.14. The molecular formula is C19H31NO4. The number of carbonyl (C=O) groups excluding carboxylic acids is 1. The van der Waals surface area contributed by atoms with Gasteiger partial charge in [-0.2, -0.15) is 0 Å². The lowest BCUT2D eigenvalue weighted by Crippen LogP contribution is -2.54. The molecule has 4 rings (SSSR count). The van der Waals surface area contributed by atoms with Crippen LogP contribution in [-0.2, 0) is 14.3 Å². The number of epoxide rings is 1. The molecule has 24 heavy (non-hydrogen) atoms. The number of hydrogen-bond donors (Lipinski definition) is 2. The molecule has 0 unspecified atom stereocenters. The number of aliphatic hydroxyl groups excluding tert-OH is 1. The molecule has 5 heteroatoms. The fourth-order valence-corrected chi connectivity index (χ4v) is 6.10. The van der Waals surface area contributed by atoms with E-state index in [1.165, 1.54) is 19.3 Å². The molecule has 2 N–H and O–H groups in total. The smallest absolute Gasteiger partial charge is 0.311 e. The van der Waals surface area contributed by atoms with Gasteiger partial charge in [-0.1, -0.05) is 27.2 Å². The summed E-state index contributed by atoms with van der Waals surface area (Å²) >= 11 is 0. The molecule has 0 radical (unpaired) electrons. The van der Waals surface area contributed by atoms with Crippen LogP contribution in [0, 0.1) is 23.2 Å².